The van der Waals surface area contributed by atoms with Gasteiger partial charge in [-0.25, -0.2) is 9.97 Å². The first-order chi connectivity index (χ1) is 8.13. The van der Waals surface area contributed by atoms with Crippen LogP contribution in [0.4, 0.5) is 11.6 Å². The van der Waals surface area contributed by atoms with Gasteiger partial charge in [-0.3, -0.25) is 9.69 Å². The number of nitrogen functional groups attached to an aromatic ring is 1. The van der Waals surface area contributed by atoms with E-state index in [2.05, 4.69) is 9.97 Å². The molecular formula is C10H15N5OS. The van der Waals surface area contributed by atoms with Crippen LogP contribution in [-0.2, 0) is 4.79 Å². The van der Waals surface area contributed by atoms with Gasteiger partial charge in [0.25, 0.3) is 0 Å². The summed E-state index contributed by atoms with van der Waals surface area (Å²) in [5.74, 6) is 1.20. The van der Waals surface area contributed by atoms with Crippen LogP contribution in [0.1, 0.15) is 6.42 Å². The summed E-state index contributed by atoms with van der Waals surface area (Å²) in [6.45, 7) is 1.12. The van der Waals surface area contributed by atoms with Gasteiger partial charge in [-0.2, -0.15) is 0 Å². The highest BCUT2D eigenvalue weighted by molar-refractivity contribution is 7.98. The van der Waals surface area contributed by atoms with Crippen molar-refractivity contribution in [2.45, 2.75) is 11.6 Å². The van der Waals surface area contributed by atoms with Gasteiger partial charge in [0.15, 0.2) is 5.16 Å². The van der Waals surface area contributed by atoms with E-state index in [1.54, 1.807) is 11.0 Å². The topological polar surface area (TPSA) is 98.1 Å². The van der Waals surface area contributed by atoms with Crippen molar-refractivity contribution in [3.63, 3.8) is 0 Å². The van der Waals surface area contributed by atoms with Crippen molar-refractivity contribution in [1.29, 1.82) is 0 Å². The Morgan fingerprint density at radius 3 is 2.94 bits per heavy atom. The second kappa shape index (κ2) is 4.89. The molecule has 4 N–H and O–H groups in total. The van der Waals surface area contributed by atoms with Crippen LogP contribution in [0.5, 0.6) is 0 Å². The van der Waals surface area contributed by atoms with Crippen LogP contribution in [0.15, 0.2) is 11.2 Å². The van der Waals surface area contributed by atoms with Gasteiger partial charge in [0.1, 0.15) is 11.6 Å². The normalized spacial score (nSPS) is 20.0. The van der Waals surface area contributed by atoms with Crippen LogP contribution in [0.3, 0.4) is 0 Å². The zero-order valence-corrected chi connectivity index (χ0v) is 10.4. The predicted octanol–water partition coefficient (Wildman–Crippen LogP) is 0.0923. The molecule has 0 aliphatic carbocycles. The molecule has 1 aliphatic rings. The molecule has 0 bridgehead atoms. The molecule has 6 nitrogen and oxygen atoms in total. The van der Waals surface area contributed by atoms with E-state index in [-0.39, 0.29) is 11.8 Å². The van der Waals surface area contributed by atoms with Gasteiger partial charge in [-0.15, -0.1) is 0 Å². The Balaban J connectivity index is 2.28. The molecule has 2 heterocycles. The summed E-state index contributed by atoms with van der Waals surface area (Å²) in [7, 11) is 0. The molecule has 1 amide bonds. The van der Waals surface area contributed by atoms with Crippen molar-refractivity contribution in [2.24, 2.45) is 11.7 Å². The van der Waals surface area contributed by atoms with Crippen LogP contribution in [0.2, 0.25) is 0 Å². The van der Waals surface area contributed by atoms with E-state index in [1.807, 2.05) is 6.26 Å². The minimum atomic E-state index is 0.0469. The number of aromatic nitrogens is 2. The van der Waals surface area contributed by atoms with Crippen molar-refractivity contribution in [3.05, 3.63) is 6.07 Å². The molecular weight excluding hydrogens is 238 g/mol. The van der Waals surface area contributed by atoms with E-state index in [0.29, 0.717) is 36.3 Å². The summed E-state index contributed by atoms with van der Waals surface area (Å²) in [6, 6.07) is 1.62. The Morgan fingerprint density at radius 2 is 2.35 bits per heavy atom. The van der Waals surface area contributed by atoms with Gasteiger partial charge in [0, 0.05) is 19.0 Å². The lowest BCUT2D eigenvalue weighted by molar-refractivity contribution is -0.117. The average molecular weight is 253 g/mol. The molecule has 7 heteroatoms. The lowest BCUT2D eigenvalue weighted by atomic mass is 10.1. The Morgan fingerprint density at radius 1 is 1.59 bits per heavy atom. The number of hydrogen-bond acceptors (Lipinski definition) is 6. The molecule has 2 rings (SSSR count). The molecule has 0 aromatic carbocycles. The molecule has 0 radical (unpaired) electrons. The maximum absolute atomic E-state index is 11.8. The van der Waals surface area contributed by atoms with Crippen molar-refractivity contribution in [2.75, 3.05) is 30.0 Å². The minimum Gasteiger partial charge on any atom is -0.383 e. The van der Waals surface area contributed by atoms with Crippen molar-refractivity contribution in [3.8, 4) is 0 Å². The first-order valence-corrected chi connectivity index (χ1v) is 6.55. The first kappa shape index (κ1) is 12.1. The molecule has 1 atom stereocenters. The monoisotopic (exact) mass is 253 g/mol. The average Bonchev–Trinajstić information content (AvgIpc) is 2.69. The summed E-state index contributed by atoms with van der Waals surface area (Å²) in [5.41, 5.74) is 11.3. The maximum atomic E-state index is 11.8. The zero-order chi connectivity index (χ0) is 12.4. The predicted molar refractivity (Wildman–Crippen MR) is 67.7 cm³/mol. The van der Waals surface area contributed by atoms with Crippen LogP contribution in [0.25, 0.3) is 0 Å². The standard InChI is InChI=1S/C10H15N5OS/c1-17-10-13-7(12)3-8(14-10)15-5-6(4-11)2-9(15)16/h3,6H,2,4-5,11H2,1H3,(H2,12,13,14). The second-order valence-electron chi connectivity index (χ2n) is 3.95. The molecule has 17 heavy (non-hydrogen) atoms. The number of anilines is 2. The highest BCUT2D eigenvalue weighted by atomic mass is 32.2. The highest BCUT2D eigenvalue weighted by Gasteiger charge is 2.30. The quantitative estimate of drug-likeness (QED) is 0.585. The second-order valence-corrected chi connectivity index (χ2v) is 4.72. The summed E-state index contributed by atoms with van der Waals surface area (Å²) >= 11 is 1.40. The molecule has 1 aromatic heterocycles. The Hall–Kier alpha value is -1.34. The van der Waals surface area contributed by atoms with Gasteiger partial charge < -0.3 is 11.5 Å². The minimum absolute atomic E-state index is 0.0469. The fourth-order valence-electron chi connectivity index (χ4n) is 1.82. The van der Waals surface area contributed by atoms with E-state index in [1.165, 1.54) is 11.8 Å². The zero-order valence-electron chi connectivity index (χ0n) is 9.59. The third-order valence-corrected chi connectivity index (χ3v) is 3.26. The lowest BCUT2D eigenvalue weighted by Crippen LogP contribution is -2.27. The van der Waals surface area contributed by atoms with Gasteiger partial charge >= 0.3 is 0 Å². The van der Waals surface area contributed by atoms with E-state index >= 15 is 0 Å². The molecule has 1 aliphatic heterocycles. The molecule has 0 spiro atoms. The van der Waals surface area contributed by atoms with E-state index in [4.69, 9.17) is 11.5 Å². The third kappa shape index (κ3) is 2.50. The molecule has 1 saturated heterocycles. The number of thioether (sulfide) groups is 1. The molecule has 1 aromatic rings. The SMILES string of the molecule is CSc1nc(N)cc(N2CC(CN)CC2=O)n1. The van der Waals surface area contributed by atoms with E-state index < -0.39 is 0 Å². The lowest BCUT2D eigenvalue weighted by Gasteiger charge is -2.16. The van der Waals surface area contributed by atoms with E-state index in [9.17, 15) is 4.79 Å². The summed E-state index contributed by atoms with van der Waals surface area (Å²) in [4.78, 5) is 21.8. The first-order valence-electron chi connectivity index (χ1n) is 5.33. The van der Waals surface area contributed by atoms with Gasteiger partial charge in [0.2, 0.25) is 5.91 Å². The fourth-order valence-corrected chi connectivity index (χ4v) is 2.20. The number of amides is 1. The van der Waals surface area contributed by atoms with Crippen molar-refractivity contribution >= 4 is 29.3 Å². The maximum Gasteiger partial charge on any atom is 0.228 e. The molecule has 0 saturated carbocycles. The fraction of sp³-hybridized carbons (Fsp3) is 0.500. The van der Waals surface area contributed by atoms with Crippen LogP contribution in [0, 0.1) is 5.92 Å². The summed E-state index contributed by atoms with van der Waals surface area (Å²) in [5, 5.41) is 0.573. The number of nitrogens with two attached hydrogens (primary N) is 2. The van der Waals surface area contributed by atoms with Gasteiger partial charge in [0.05, 0.1) is 0 Å². The molecule has 92 valence electrons. The third-order valence-electron chi connectivity index (χ3n) is 2.71. The molecule has 1 unspecified atom stereocenters. The van der Waals surface area contributed by atoms with Crippen LogP contribution >= 0.6 is 11.8 Å². The Bertz CT molecular complexity index is 439. The van der Waals surface area contributed by atoms with Crippen LogP contribution in [-0.4, -0.2) is 35.2 Å². The number of carbonyl (C=O) groups excluding carboxylic acids is 1. The number of nitrogens with zero attached hydrogens (tertiary/aromatic N) is 3. The largest absolute Gasteiger partial charge is 0.383 e. The smallest absolute Gasteiger partial charge is 0.228 e. The Kier molecular flexibility index (Phi) is 3.49. The molecule has 1 fully saturated rings. The van der Waals surface area contributed by atoms with Crippen LogP contribution < -0.4 is 16.4 Å². The Labute approximate surface area is 104 Å². The summed E-state index contributed by atoms with van der Waals surface area (Å²) in [6.07, 6.45) is 2.35. The highest BCUT2D eigenvalue weighted by Crippen LogP contribution is 2.25. The van der Waals surface area contributed by atoms with Crippen molar-refractivity contribution < 1.29 is 4.79 Å². The number of carbonyl (C=O) groups is 1. The van der Waals surface area contributed by atoms with Crippen molar-refractivity contribution in [1.82, 2.24) is 9.97 Å². The number of rotatable bonds is 3. The summed E-state index contributed by atoms with van der Waals surface area (Å²) < 4.78 is 0. The van der Waals surface area contributed by atoms with Gasteiger partial charge in [-0.05, 0) is 18.7 Å². The van der Waals surface area contributed by atoms with E-state index in [0.717, 1.165) is 0 Å². The number of hydrogen-bond donors (Lipinski definition) is 2. The van der Waals surface area contributed by atoms with Gasteiger partial charge in [-0.1, -0.05) is 11.8 Å².